The maximum absolute atomic E-state index is 5.67. The van der Waals surface area contributed by atoms with Gasteiger partial charge in [0, 0.05) is 21.9 Å². The smallest absolute Gasteiger partial charge is 0.0843 e. The first-order chi connectivity index (χ1) is 7.72. The van der Waals surface area contributed by atoms with Crippen molar-refractivity contribution in [1.82, 2.24) is 5.43 Å². The lowest BCUT2D eigenvalue weighted by molar-refractivity contribution is 0.0395. The molecule has 6 heteroatoms. The molecule has 1 aliphatic heterocycles. The Labute approximate surface area is 116 Å². The number of ether oxygens (including phenoxy) is 1. The fourth-order valence-electron chi connectivity index (χ4n) is 2.00. The van der Waals surface area contributed by atoms with Crippen LogP contribution in [0.4, 0.5) is 0 Å². The number of nitrogens with two attached hydrogens (primary N) is 1. The van der Waals surface area contributed by atoms with Crippen molar-refractivity contribution in [2.75, 3.05) is 13.2 Å². The summed E-state index contributed by atoms with van der Waals surface area (Å²) in [7, 11) is 0. The molecule has 1 aromatic heterocycles. The lowest BCUT2D eigenvalue weighted by atomic mass is 9.93. The number of thiophene rings is 1. The van der Waals surface area contributed by atoms with Crippen molar-refractivity contribution < 1.29 is 4.74 Å². The van der Waals surface area contributed by atoms with E-state index >= 15 is 0 Å². The number of hydrogen-bond acceptors (Lipinski definition) is 4. The molecule has 0 aromatic carbocycles. The Kier molecular flexibility index (Phi) is 4.81. The van der Waals surface area contributed by atoms with Gasteiger partial charge in [0.25, 0.3) is 0 Å². The van der Waals surface area contributed by atoms with Gasteiger partial charge in [-0.3, -0.25) is 11.3 Å². The van der Waals surface area contributed by atoms with Gasteiger partial charge in [-0.2, -0.15) is 0 Å². The molecule has 0 bridgehead atoms. The molecule has 16 heavy (non-hydrogen) atoms. The minimum absolute atomic E-state index is 0.188. The number of hydrazine groups is 1. The second kappa shape index (κ2) is 5.93. The van der Waals surface area contributed by atoms with Crippen LogP contribution in [0.3, 0.4) is 0 Å². The van der Waals surface area contributed by atoms with Gasteiger partial charge < -0.3 is 4.74 Å². The van der Waals surface area contributed by atoms with Crippen molar-refractivity contribution in [3.05, 3.63) is 19.2 Å². The van der Waals surface area contributed by atoms with Crippen molar-refractivity contribution in [3.8, 4) is 0 Å². The van der Waals surface area contributed by atoms with E-state index in [0.29, 0.717) is 5.92 Å². The minimum atomic E-state index is 0.188. The molecule has 3 nitrogen and oxygen atoms in total. The summed E-state index contributed by atoms with van der Waals surface area (Å²) in [5, 5.41) is 0. The summed E-state index contributed by atoms with van der Waals surface area (Å²) in [5.41, 5.74) is 2.92. The van der Waals surface area contributed by atoms with Crippen LogP contribution in [0, 0.1) is 5.92 Å². The van der Waals surface area contributed by atoms with Crippen LogP contribution in [-0.2, 0) is 4.74 Å². The molecule has 0 saturated carbocycles. The van der Waals surface area contributed by atoms with Crippen molar-refractivity contribution in [2.45, 2.75) is 18.9 Å². The van der Waals surface area contributed by atoms with E-state index in [1.807, 2.05) is 0 Å². The van der Waals surface area contributed by atoms with Crippen molar-refractivity contribution in [1.29, 1.82) is 0 Å². The Morgan fingerprint density at radius 2 is 2.38 bits per heavy atom. The summed E-state index contributed by atoms with van der Waals surface area (Å²) >= 11 is 8.72. The van der Waals surface area contributed by atoms with Crippen molar-refractivity contribution in [3.63, 3.8) is 0 Å². The van der Waals surface area contributed by atoms with Gasteiger partial charge in [0.15, 0.2) is 0 Å². The molecule has 2 heterocycles. The number of rotatable bonds is 3. The first kappa shape index (κ1) is 13.0. The number of nitrogens with one attached hydrogen (secondary N) is 1. The van der Waals surface area contributed by atoms with Crippen LogP contribution in [0.1, 0.15) is 23.8 Å². The molecule has 2 atom stereocenters. The van der Waals surface area contributed by atoms with Crippen LogP contribution >= 0.6 is 43.2 Å². The second-order valence-corrected chi connectivity index (χ2v) is 7.15. The summed E-state index contributed by atoms with van der Waals surface area (Å²) in [6.45, 7) is 1.67. The molecule has 0 spiro atoms. The Hall–Kier alpha value is 0.540. The number of hydrogen-bond donors (Lipinski definition) is 2. The highest BCUT2D eigenvalue weighted by atomic mass is 79.9. The van der Waals surface area contributed by atoms with Gasteiger partial charge in [0.05, 0.1) is 16.4 Å². The predicted molar refractivity (Wildman–Crippen MR) is 73.3 cm³/mol. The zero-order chi connectivity index (χ0) is 11.5. The molecule has 0 radical (unpaired) electrons. The normalized spacial score (nSPS) is 23.3. The Morgan fingerprint density at radius 1 is 1.56 bits per heavy atom. The quantitative estimate of drug-likeness (QED) is 0.635. The van der Waals surface area contributed by atoms with Gasteiger partial charge in [-0.1, -0.05) is 0 Å². The second-order valence-electron chi connectivity index (χ2n) is 3.89. The molecular weight excluding hydrogens is 356 g/mol. The van der Waals surface area contributed by atoms with E-state index in [4.69, 9.17) is 10.6 Å². The Bertz CT molecular complexity index is 333. The van der Waals surface area contributed by atoms with Crippen LogP contribution in [0.5, 0.6) is 0 Å². The fourth-order valence-corrected chi connectivity index (χ4v) is 4.24. The highest BCUT2D eigenvalue weighted by molar-refractivity contribution is 9.13. The monoisotopic (exact) mass is 368 g/mol. The molecule has 90 valence electrons. The van der Waals surface area contributed by atoms with Gasteiger partial charge in [0.1, 0.15) is 0 Å². The Morgan fingerprint density at radius 3 is 2.88 bits per heavy atom. The van der Waals surface area contributed by atoms with Crippen LogP contribution in [0.15, 0.2) is 14.3 Å². The summed E-state index contributed by atoms with van der Waals surface area (Å²) in [4.78, 5) is 1.25. The maximum Gasteiger partial charge on any atom is 0.0843 e. The SMILES string of the molecule is NNC(c1cc(Br)c(Br)s1)C1CCCOC1. The van der Waals surface area contributed by atoms with Crippen LogP contribution < -0.4 is 11.3 Å². The Balaban J connectivity index is 2.14. The lowest BCUT2D eigenvalue weighted by Crippen LogP contribution is -2.36. The zero-order valence-electron chi connectivity index (χ0n) is 8.71. The van der Waals surface area contributed by atoms with E-state index in [0.717, 1.165) is 27.9 Å². The van der Waals surface area contributed by atoms with E-state index in [-0.39, 0.29) is 6.04 Å². The average molecular weight is 370 g/mol. The van der Waals surface area contributed by atoms with E-state index in [1.54, 1.807) is 11.3 Å². The van der Waals surface area contributed by atoms with E-state index in [9.17, 15) is 0 Å². The first-order valence-corrected chi connectivity index (χ1v) is 7.61. The van der Waals surface area contributed by atoms with E-state index < -0.39 is 0 Å². The van der Waals surface area contributed by atoms with Crippen molar-refractivity contribution in [2.24, 2.45) is 11.8 Å². The van der Waals surface area contributed by atoms with Gasteiger partial charge in [-0.25, -0.2) is 0 Å². The molecular formula is C10H14Br2N2OS. The third-order valence-corrected chi connectivity index (χ3v) is 6.16. The molecule has 0 aliphatic carbocycles. The average Bonchev–Trinajstić information content (AvgIpc) is 2.61. The van der Waals surface area contributed by atoms with Crippen LogP contribution in [-0.4, -0.2) is 13.2 Å². The molecule has 2 unspecified atom stereocenters. The first-order valence-electron chi connectivity index (χ1n) is 5.21. The minimum Gasteiger partial charge on any atom is -0.381 e. The molecule has 1 fully saturated rings. The summed E-state index contributed by atoms with van der Waals surface area (Å²) < 4.78 is 7.71. The standard InChI is InChI=1S/C10H14Br2N2OS/c11-7-4-8(16-10(7)12)9(14-13)6-2-1-3-15-5-6/h4,6,9,14H,1-3,5,13H2. The van der Waals surface area contributed by atoms with Gasteiger partial charge >= 0.3 is 0 Å². The summed E-state index contributed by atoms with van der Waals surface area (Å²) in [6, 6.07) is 2.31. The van der Waals surface area contributed by atoms with Gasteiger partial charge in [-0.05, 0) is 50.8 Å². The topological polar surface area (TPSA) is 47.3 Å². The zero-order valence-corrected chi connectivity index (χ0v) is 12.7. The molecule has 3 N–H and O–H groups in total. The third kappa shape index (κ3) is 2.86. The van der Waals surface area contributed by atoms with Crippen LogP contribution in [0.25, 0.3) is 0 Å². The van der Waals surface area contributed by atoms with Gasteiger partial charge in [0.2, 0.25) is 0 Å². The summed E-state index contributed by atoms with van der Waals surface area (Å²) in [6.07, 6.45) is 2.29. The summed E-state index contributed by atoms with van der Waals surface area (Å²) in [5.74, 6) is 6.13. The lowest BCUT2D eigenvalue weighted by Gasteiger charge is -2.29. The van der Waals surface area contributed by atoms with Crippen LogP contribution in [0.2, 0.25) is 0 Å². The largest absolute Gasteiger partial charge is 0.381 e. The van der Waals surface area contributed by atoms with E-state index in [2.05, 4.69) is 43.4 Å². The molecule has 0 amide bonds. The van der Waals surface area contributed by atoms with E-state index in [1.165, 1.54) is 11.3 Å². The molecule has 2 rings (SSSR count). The third-order valence-electron chi connectivity index (χ3n) is 2.82. The predicted octanol–water partition coefficient (Wildman–Crippen LogP) is 3.20. The molecule has 1 aliphatic rings. The fraction of sp³-hybridized carbons (Fsp3) is 0.600. The van der Waals surface area contributed by atoms with Crippen molar-refractivity contribution >= 4 is 43.2 Å². The molecule has 1 saturated heterocycles. The highest BCUT2D eigenvalue weighted by Crippen LogP contribution is 2.39. The number of halogens is 2. The molecule has 1 aromatic rings. The highest BCUT2D eigenvalue weighted by Gasteiger charge is 2.26. The maximum atomic E-state index is 5.67. The van der Waals surface area contributed by atoms with Gasteiger partial charge in [-0.15, -0.1) is 11.3 Å².